The van der Waals surface area contributed by atoms with E-state index in [2.05, 4.69) is 23.7 Å². The van der Waals surface area contributed by atoms with Crippen LogP contribution in [0.5, 0.6) is 0 Å². The minimum Gasteiger partial charge on any atom is -0.461 e. The number of rotatable bonds is 1. The second-order valence-electron chi connectivity index (χ2n) is 4.00. The van der Waals surface area contributed by atoms with Crippen LogP contribution in [-0.2, 0) is 0 Å². The van der Waals surface area contributed by atoms with Crippen molar-refractivity contribution in [2.45, 2.75) is 18.1 Å². The van der Waals surface area contributed by atoms with Gasteiger partial charge in [-0.1, -0.05) is 0 Å². The second kappa shape index (κ2) is 3.89. The Morgan fingerprint density at radius 2 is 2.06 bits per heavy atom. The van der Waals surface area contributed by atoms with Gasteiger partial charge in [0.25, 0.3) is 0 Å². The van der Waals surface area contributed by atoms with Gasteiger partial charge in [0.1, 0.15) is 11.3 Å². The van der Waals surface area contributed by atoms with Crippen LogP contribution >= 0.6 is 24.0 Å². The molecule has 2 heterocycles. The maximum atomic E-state index is 5.56. The van der Waals surface area contributed by atoms with Gasteiger partial charge in [-0.2, -0.15) is 0 Å². The number of fused-ring (bicyclic) bond motifs is 1. The van der Waals surface area contributed by atoms with Crippen LogP contribution in [0.2, 0.25) is 0 Å². The molecule has 0 aliphatic carbocycles. The van der Waals surface area contributed by atoms with E-state index in [-0.39, 0.29) is 0 Å². The quantitative estimate of drug-likeness (QED) is 0.654. The summed E-state index contributed by atoms with van der Waals surface area (Å²) in [4.78, 5) is 4.51. The Hall–Kier alpha value is -1.26. The monoisotopic (exact) mass is 261 g/mol. The lowest BCUT2D eigenvalue weighted by Gasteiger charge is -1.97. The minimum absolute atomic E-state index is 0.916. The standard InChI is InChI=1S/C13H11NOS2/c1-7-5-10-6-9(3-4-11(10)15-7)12-13(16)17-8(2)14-12/h3-6,16H,1-2H3. The van der Waals surface area contributed by atoms with E-state index < -0.39 is 0 Å². The van der Waals surface area contributed by atoms with Gasteiger partial charge in [-0.25, -0.2) is 4.98 Å². The first-order chi connectivity index (χ1) is 8.13. The number of hydrogen-bond donors (Lipinski definition) is 1. The lowest BCUT2D eigenvalue weighted by atomic mass is 10.1. The van der Waals surface area contributed by atoms with Gasteiger partial charge < -0.3 is 4.42 Å². The smallest absolute Gasteiger partial charge is 0.134 e. The Morgan fingerprint density at radius 3 is 2.76 bits per heavy atom. The number of aryl methyl sites for hydroxylation is 2. The Balaban J connectivity index is 2.20. The first-order valence-electron chi connectivity index (χ1n) is 5.30. The molecular weight excluding hydrogens is 250 g/mol. The van der Waals surface area contributed by atoms with Gasteiger partial charge in [0.15, 0.2) is 0 Å². The summed E-state index contributed by atoms with van der Waals surface area (Å²) >= 11 is 6.07. The molecule has 0 aliphatic heterocycles. The number of hydrogen-bond acceptors (Lipinski definition) is 4. The molecule has 0 amide bonds. The maximum Gasteiger partial charge on any atom is 0.134 e. The van der Waals surface area contributed by atoms with Crippen molar-refractivity contribution in [1.82, 2.24) is 4.98 Å². The number of benzene rings is 1. The van der Waals surface area contributed by atoms with Gasteiger partial charge in [0.05, 0.1) is 14.9 Å². The van der Waals surface area contributed by atoms with Crippen LogP contribution in [-0.4, -0.2) is 4.98 Å². The number of nitrogens with zero attached hydrogens (tertiary/aromatic N) is 1. The highest BCUT2D eigenvalue weighted by Gasteiger charge is 2.10. The first-order valence-corrected chi connectivity index (χ1v) is 6.57. The summed E-state index contributed by atoms with van der Waals surface area (Å²) in [5.74, 6) is 0.928. The van der Waals surface area contributed by atoms with Crippen LogP contribution in [0.15, 0.2) is 32.9 Å². The van der Waals surface area contributed by atoms with E-state index in [1.54, 1.807) is 11.3 Å². The van der Waals surface area contributed by atoms with Crippen molar-refractivity contribution in [3.8, 4) is 11.3 Å². The molecule has 0 saturated heterocycles. The van der Waals surface area contributed by atoms with Crippen molar-refractivity contribution >= 4 is 34.9 Å². The number of furan rings is 1. The molecule has 3 aromatic rings. The van der Waals surface area contributed by atoms with Gasteiger partial charge in [-0.15, -0.1) is 24.0 Å². The van der Waals surface area contributed by atoms with Crippen molar-refractivity contribution in [3.63, 3.8) is 0 Å². The van der Waals surface area contributed by atoms with Crippen LogP contribution in [0.25, 0.3) is 22.2 Å². The Morgan fingerprint density at radius 1 is 1.24 bits per heavy atom. The average molecular weight is 261 g/mol. The normalized spacial score (nSPS) is 11.2. The number of thiol groups is 1. The van der Waals surface area contributed by atoms with Gasteiger partial charge in [0.2, 0.25) is 0 Å². The molecular formula is C13H11NOS2. The van der Waals surface area contributed by atoms with Gasteiger partial charge >= 0.3 is 0 Å². The summed E-state index contributed by atoms with van der Waals surface area (Å²) in [5.41, 5.74) is 2.96. The van der Waals surface area contributed by atoms with Crippen molar-refractivity contribution in [3.05, 3.63) is 35.0 Å². The first kappa shape index (κ1) is 10.9. The zero-order chi connectivity index (χ0) is 12.0. The van der Waals surface area contributed by atoms with Crippen molar-refractivity contribution in [2.75, 3.05) is 0 Å². The molecule has 0 bridgehead atoms. The molecule has 4 heteroatoms. The Kier molecular flexibility index (Phi) is 2.49. The fourth-order valence-corrected chi connectivity index (χ4v) is 3.18. The molecule has 0 aliphatic rings. The van der Waals surface area contributed by atoms with E-state index in [4.69, 9.17) is 4.42 Å². The van der Waals surface area contributed by atoms with Crippen molar-refractivity contribution < 1.29 is 4.42 Å². The third-order valence-electron chi connectivity index (χ3n) is 2.63. The van der Waals surface area contributed by atoms with E-state index in [1.165, 1.54) is 0 Å². The zero-order valence-corrected chi connectivity index (χ0v) is 11.2. The molecule has 0 fully saturated rings. The molecule has 0 saturated carbocycles. The highest BCUT2D eigenvalue weighted by Crippen LogP contribution is 2.33. The fraction of sp³-hybridized carbons (Fsp3) is 0.154. The largest absolute Gasteiger partial charge is 0.461 e. The van der Waals surface area contributed by atoms with E-state index >= 15 is 0 Å². The van der Waals surface area contributed by atoms with Crippen molar-refractivity contribution in [2.24, 2.45) is 0 Å². The van der Waals surface area contributed by atoms with E-state index in [0.29, 0.717) is 0 Å². The molecule has 0 radical (unpaired) electrons. The molecule has 0 unspecified atom stereocenters. The molecule has 1 aromatic carbocycles. The predicted molar refractivity (Wildman–Crippen MR) is 74.0 cm³/mol. The summed E-state index contributed by atoms with van der Waals surface area (Å²) in [6, 6.07) is 8.15. The lowest BCUT2D eigenvalue weighted by molar-refractivity contribution is 0.578. The molecule has 86 valence electrons. The maximum absolute atomic E-state index is 5.56. The average Bonchev–Trinajstić information content (AvgIpc) is 2.78. The highest BCUT2D eigenvalue weighted by molar-refractivity contribution is 7.83. The lowest BCUT2D eigenvalue weighted by Crippen LogP contribution is -1.79. The summed E-state index contributed by atoms with van der Waals surface area (Å²) in [6.07, 6.45) is 0. The molecule has 0 N–H and O–H groups in total. The van der Waals surface area contributed by atoms with Gasteiger partial charge in [0, 0.05) is 10.9 Å². The summed E-state index contributed by atoms with van der Waals surface area (Å²) in [5, 5.41) is 2.15. The Bertz CT molecular complexity index is 697. The summed E-state index contributed by atoms with van der Waals surface area (Å²) in [7, 11) is 0. The zero-order valence-electron chi connectivity index (χ0n) is 9.52. The van der Waals surface area contributed by atoms with Crippen LogP contribution in [0.3, 0.4) is 0 Å². The number of aromatic nitrogens is 1. The van der Waals surface area contributed by atoms with E-state index in [1.807, 2.05) is 32.0 Å². The molecule has 2 nitrogen and oxygen atoms in total. The third-order valence-corrected chi connectivity index (χ3v) is 3.89. The molecule has 17 heavy (non-hydrogen) atoms. The summed E-state index contributed by atoms with van der Waals surface area (Å²) in [6.45, 7) is 3.95. The summed E-state index contributed by atoms with van der Waals surface area (Å²) < 4.78 is 6.52. The van der Waals surface area contributed by atoms with E-state index in [9.17, 15) is 0 Å². The molecule has 2 aromatic heterocycles. The number of thiazole rings is 1. The van der Waals surface area contributed by atoms with E-state index in [0.717, 1.165) is 37.2 Å². The van der Waals surface area contributed by atoms with Crippen LogP contribution in [0, 0.1) is 13.8 Å². The van der Waals surface area contributed by atoms with Gasteiger partial charge in [-0.3, -0.25) is 0 Å². The topological polar surface area (TPSA) is 26.0 Å². The molecule has 3 rings (SSSR count). The minimum atomic E-state index is 0.916. The van der Waals surface area contributed by atoms with Gasteiger partial charge in [-0.05, 0) is 38.1 Å². The van der Waals surface area contributed by atoms with Crippen LogP contribution in [0.1, 0.15) is 10.8 Å². The van der Waals surface area contributed by atoms with Crippen molar-refractivity contribution in [1.29, 1.82) is 0 Å². The highest BCUT2D eigenvalue weighted by atomic mass is 32.2. The Labute approximate surface area is 109 Å². The molecule has 0 spiro atoms. The third kappa shape index (κ3) is 1.87. The molecule has 0 atom stereocenters. The second-order valence-corrected chi connectivity index (χ2v) is 5.95. The van der Waals surface area contributed by atoms with Crippen LogP contribution in [0.4, 0.5) is 0 Å². The SMILES string of the molecule is Cc1cc2cc(-c3nc(C)sc3S)ccc2o1. The fourth-order valence-electron chi connectivity index (χ4n) is 1.93. The van der Waals surface area contributed by atoms with Crippen LogP contribution < -0.4 is 0 Å². The predicted octanol–water partition coefficient (Wildman–Crippen LogP) is 4.46.